The Balaban J connectivity index is 1.83. The number of ether oxygens (including phenoxy) is 1. The van der Waals surface area contributed by atoms with Crippen molar-refractivity contribution in [1.82, 2.24) is 0 Å². The van der Waals surface area contributed by atoms with E-state index in [-0.39, 0.29) is 5.75 Å². The molecule has 0 fully saturated rings. The molecule has 0 aromatic heterocycles. The van der Waals surface area contributed by atoms with Gasteiger partial charge in [-0.1, -0.05) is 71.4 Å². The number of hydrogen-bond acceptors (Lipinski definition) is 3. The fourth-order valence-electron chi connectivity index (χ4n) is 3.08. The van der Waals surface area contributed by atoms with E-state index < -0.39 is 0 Å². The lowest BCUT2D eigenvalue weighted by atomic mass is 10.0. The monoisotopic (exact) mass is 395 g/mol. The van der Waals surface area contributed by atoms with Crippen molar-refractivity contribution in [1.29, 1.82) is 0 Å². The quantitative estimate of drug-likeness (QED) is 0.282. The largest absolute Gasteiger partial charge is 0.507 e. The number of aryl methyl sites for hydroxylation is 1. The summed E-state index contributed by atoms with van der Waals surface area (Å²) in [6.45, 7) is 7.21. The van der Waals surface area contributed by atoms with Crippen molar-refractivity contribution >= 4 is 11.9 Å². The van der Waals surface area contributed by atoms with E-state index in [1.54, 1.807) is 12.3 Å². The minimum Gasteiger partial charge on any atom is -0.507 e. The van der Waals surface area contributed by atoms with Crippen LogP contribution in [0.5, 0.6) is 11.5 Å². The summed E-state index contributed by atoms with van der Waals surface area (Å²) < 4.78 is 5.73. The van der Waals surface area contributed by atoms with Gasteiger partial charge in [0, 0.05) is 17.8 Å². The minimum atomic E-state index is 0.190. The number of unbranched alkanes of at least 4 members (excludes halogenated alkanes) is 5. The van der Waals surface area contributed by atoms with Gasteiger partial charge >= 0.3 is 0 Å². The Labute approximate surface area is 176 Å². The fraction of sp³-hybridized carbons (Fsp3) is 0.500. The first-order valence-electron chi connectivity index (χ1n) is 11.2. The molecule has 0 bridgehead atoms. The molecule has 2 rings (SSSR count). The number of rotatable bonds is 13. The van der Waals surface area contributed by atoms with Crippen LogP contribution in [0, 0.1) is 5.92 Å². The minimum absolute atomic E-state index is 0.190. The van der Waals surface area contributed by atoms with Gasteiger partial charge < -0.3 is 9.84 Å². The van der Waals surface area contributed by atoms with Crippen molar-refractivity contribution in [3.8, 4) is 11.5 Å². The summed E-state index contributed by atoms with van der Waals surface area (Å²) >= 11 is 0. The van der Waals surface area contributed by atoms with Gasteiger partial charge in [0.15, 0.2) is 0 Å². The van der Waals surface area contributed by atoms with Gasteiger partial charge in [0.2, 0.25) is 0 Å². The normalized spacial score (nSPS) is 12.4. The number of nitrogens with zero attached hydrogens (tertiary/aromatic N) is 1. The Morgan fingerprint density at radius 1 is 0.966 bits per heavy atom. The zero-order valence-electron chi connectivity index (χ0n) is 18.4. The van der Waals surface area contributed by atoms with Crippen LogP contribution in [0.25, 0.3) is 0 Å². The van der Waals surface area contributed by atoms with E-state index in [1.807, 2.05) is 24.3 Å². The van der Waals surface area contributed by atoms with Crippen LogP contribution >= 0.6 is 0 Å². The molecule has 158 valence electrons. The van der Waals surface area contributed by atoms with Gasteiger partial charge in [-0.25, -0.2) is 0 Å². The van der Waals surface area contributed by atoms with Gasteiger partial charge in [0.05, 0.1) is 12.3 Å². The van der Waals surface area contributed by atoms with Crippen molar-refractivity contribution < 1.29 is 9.84 Å². The number of aliphatic imine (C=N–C) groups is 1. The van der Waals surface area contributed by atoms with E-state index in [2.05, 4.69) is 37.9 Å². The Morgan fingerprint density at radius 3 is 2.38 bits per heavy atom. The van der Waals surface area contributed by atoms with E-state index in [9.17, 15) is 5.11 Å². The molecular weight excluding hydrogens is 358 g/mol. The van der Waals surface area contributed by atoms with Gasteiger partial charge in [-0.05, 0) is 48.6 Å². The number of aromatic hydroxyl groups is 1. The van der Waals surface area contributed by atoms with E-state index in [4.69, 9.17) is 4.74 Å². The fourth-order valence-corrected chi connectivity index (χ4v) is 3.08. The lowest BCUT2D eigenvalue weighted by Crippen LogP contribution is -2.07. The first-order valence-corrected chi connectivity index (χ1v) is 11.2. The van der Waals surface area contributed by atoms with Gasteiger partial charge in [0.25, 0.3) is 0 Å². The SMILES string of the molecule is CCCCCCCCc1ccc(N=Cc2ccc(OC[C@@H](C)CC)cc2O)cc1. The smallest absolute Gasteiger partial charge is 0.128 e. The van der Waals surface area contributed by atoms with Gasteiger partial charge in [0.1, 0.15) is 11.5 Å². The van der Waals surface area contributed by atoms with Crippen molar-refractivity contribution in [3.05, 3.63) is 53.6 Å². The molecule has 1 N–H and O–H groups in total. The average Bonchev–Trinajstić information content (AvgIpc) is 2.74. The number of phenols is 1. The molecule has 2 aromatic rings. The standard InChI is InChI=1S/C26H37NO2/c1-4-6-7-8-9-10-11-22-12-15-24(16-13-22)27-19-23-14-17-25(18-26(23)28)29-20-21(3)5-2/h12-19,21,28H,4-11,20H2,1-3H3/t21-/m0/s1. The molecule has 0 unspecified atom stereocenters. The molecule has 1 atom stereocenters. The number of phenolic OH excluding ortho intramolecular Hbond substituents is 1. The second kappa shape index (κ2) is 13.0. The molecule has 0 saturated carbocycles. The molecule has 0 amide bonds. The highest BCUT2D eigenvalue weighted by Crippen LogP contribution is 2.24. The maximum atomic E-state index is 10.2. The summed E-state index contributed by atoms with van der Waals surface area (Å²) in [5.74, 6) is 1.39. The third-order valence-electron chi connectivity index (χ3n) is 5.34. The van der Waals surface area contributed by atoms with Crippen LogP contribution in [0.2, 0.25) is 0 Å². The van der Waals surface area contributed by atoms with Crippen molar-refractivity contribution in [3.63, 3.8) is 0 Å². The summed E-state index contributed by atoms with van der Waals surface area (Å²) in [4.78, 5) is 4.50. The Kier molecular flexibility index (Phi) is 10.3. The second-order valence-electron chi connectivity index (χ2n) is 7.99. The Hall–Kier alpha value is -2.29. The molecule has 0 aliphatic carbocycles. The van der Waals surface area contributed by atoms with E-state index in [0.717, 1.165) is 18.5 Å². The third kappa shape index (κ3) is 8.72. The molecule has 0 radical (unpaired) electrons. The highest BCUT2D eigenvalue weighted by atomic mass is 16.5. The number of benzene rings is 2. The highest BCUT2D eigenvalue weighted by molar-refractivity contribution is 5.85. The van der Waals surface area contributed by atoms with Gasteiger partial charge in [-0.2, -0.15) is 0 Å². The molecule has 3 heteroatoms. The molecule has 0 heterocycles. The maximum absolute atomic E-state index is 10.2. The first-order chi connectivity index (χ1) is 14.1. The summed E-state index contributed by atoms with van der Waals surface area (Å²) in [6.07, 6.45) is 11.9. The molecule has 0 spiro atoms. The zero-order valence-corrected chi connectivity index (χ0v) is 18.4. The van der Waals surface area contributed by atoms with Gasteiger partial charge in [-0.15, -0.1) is 0 Å². The van der Waals surface area contributed by atoms with Crippen molar-refractivity contribution in [2.24, 2.45) is 10.9 Å². The average molecular weight is 396 g/mol. The summed E-state index contributed by atoms with van der Waals surface area (Å²) in [5.41, 5.74) is 2.95. The van der Waals surface area contributed by atoms with Crippen LogP contribution < -0.4 is 4.74 Å². The molecule has 3 nitrogen and oxygen atoms in total. The van der Waals surface area contributed by atoms with E-state index in [0.29, 0.717) is 23.8 Å². The third-order valence-corrected chi connectivity index (χ3v) is 5.34. The first kappa shape index (κ1) is 23.0. The maximum Gasteiger partial charge on any atom is 0.128 e. The molecule has 0 saturated heterocycles. The van der Waals surface area contributed by atoms with Crippen LogP contribution in [0.15, 0.2) is 47.5 Å². The Bertz CT molecular complexity index is 737. The molecule has 29 heavy (non-hydrogen) atoms. The second-order valence-corrected chi connectivity index (χ2v) is 7.99. The molecule has 0 aliphatic heterocycles. The van der Waals surface area contributed by atoms with Crippen LogP contribution in [0.1, 0.15) is 76.8 Å². The van der Waals surface area contributed by atoms with Crippen LogP contribution in [0.3, 0.4) is 0 Å². The molecular formula is C26H37NO2. The van der Waals surface area contributed by atoms with Crippen LogP contribution in [0.4, 0.5) is 5.69 Å². The van der Waals surface area contributed by atoms with Crippen LogP contribution in [-0.2, 0) is 6.42 Å². The van der Waals surface area contributed by atoms with Crippen LogP contribution in [-0.4, -0.2) is 17.9 Å². The Morgan fingerprint density at radius 2 is 1.69 bits per heavy atom. The predicted octanol–water partition coefficient (Wildman–Crippen LogP) is 7.47. The summed E-state index contributed by atoms with van der Waals surface area (Å²) in [7, 11) is 0. The predicted molar refractivity (Wildman–Crippen MR) is 124 cm³/mol. The lowest BCUT2D eigenvalue weighted by molar-refractivity contribution is 0.255. The zero-order chi connectivity index (χ0) is 20.9. The highest BCUT2D eigenvalue weighted by Gasteiger charge is 2.04. The molecule has 2 aromatic carbocycles. The lowest BCUT2D eigenvalue weighted by Gasteiger charge is -2.11. The number of hydrogen-bond donors (Lipinski definition) is 1. The summed E-state index contributed by atoms with van der Waals surface area (Å²) in [5, 5.41) is 10.2. The van der Waals surface area contributed by atoms with Crippen molar-refractivity contribution in [2.75, 3.05) is 6.61 Å². The van der Waals surface area contributed by atoms with E-state index >= 15 is 0 Å². The van der Waals surface area contributed by atoms with E-state index in [1.165, 1.54) is 44.1 Å². The summed E-state index contributed by atoms with van der Waals surface area (Å²) in [6, 6.07) is 13.8. The van der Waals surface area contributed by atoms with Crippen molar-refractivity contribution in [2.45, 2.75) is 72.1 Å². The topological polar surface area (TPSA) is 41.8 Å². The molecule has 0 aliphatic rings. The van der Waals surface area contributed by atoms with Gasteiger partial charge in [-0.3, -0.25) is 4.99 Å².